The molecule has 0 saturated carbocycles. The number of piperidine rings is 2. The van der Waals surface area contributed by atoms with Crippen LogP contribution in [0.5, 0.6) is 0 Å². The highest BCUT2D eigenvalue weighted by atomic mass is 19.1. The van der Waals surface area contributed by atoms with E-state index in [0.29, 0.717) is 18.2 Å². The Hall–Kier alpha value is -2.79. The molecule has 2 fully saturated rings. The van der Waals surface area contributed by atoms with E-state index in [1.807, 2.05) is 24.4 Å². The summed E-state index contributed by atoms with van der Waals surface area (Å²) in [4.78, 5) is 23.0. The number of amides is 1. The van der Waals surface area contributed by atoms with Gasteiger partial charge in [-0.15, -0.1) is 0 Å². The zero-order valence-electron chi connectivity index (χ0n) is 20.0. The van der Waals surface area contributed by atoms with Gasteiger partial charge in [-0.3, -0.25) is 9.78 Å². The van der Waals surface area contributed by atoms with Gasteiger partial charge in [0.1, 0.15) is 5.82 Å². The molecule has 3 aromatic rings. The predicted octanol–water partition coefficient (Wildman–Crippen LogP) is 5.11. The van der Waals surface area contributed by atoms with Gasteiger partial charge in [0.2, 0.25) is 5.91 Å². The summed E-state index contributed by atoms with van der Waals surface area (Å²) in [6, 6.07) is 17.2. The van der Waals surface area contributed by atoms with Gasteiger partial charge in [-0.1, -0.05) is 36.4 Å². The summed E-state index contributed by atoms with van der Waals surface area (Å²) in [5, 5.41) is 1.19. The van der Waals surface area contributed by atoms with Crippen molar-refractivity contribution in [1.29, 1.82) is 0 Å². The lowest BCUT2D eigenvalue weighted by Gasteiger charge is -2.44. The molecule has 0 radical (unpaired) electrons. The van der Waals surface area contributed by atoms with E-state index < -0.39 is 0 Å². The third kappa shape index (κ3) is 4.85. The Labute approximate surface area is 201 Å². The molecule has 2 saturated heterocycles. The topological polar surface area (TPSA) is 36.4 Å². The van der Waals surface area contributed by atoms with Crippen molar-refractivity contribution < 1.29 is 9.18 Å². The van der Waals surface area contributed by atoms with Crippen molar-refractivity contribution in [2.75, 3.05) is 33.2 Å². The lowest BCUT2D eigenvalue weighted by molar-refractivity contribution is -0.146. The minimum absolute atomic E-state index is 0.226. The standard InChI is InChI=1S/C29H34FN3O/c1-32-18-13-29(14-19-32,21-23-7-9-26(30)10-8-23)28(34)33-16-11-22(12-17-33)20-25-5-2-4-24-6-3-15-31-27(24)25/h2-10,15,22H,11-14,16-21H2,1H3. The molecule has 0 unspecified atom stereocenters. The smallest absolute Gasteiger partial charge is 0.229 e. The highest BCUT2D eigenvalue weighted by Crippen LogP contribution is 2.38. The number of hydrogen-bond acceptors (Lipinski definition) is 3. The molecule has 0 bridgehead atoms. The van der Waals surface area contributed by atoms with Crippen molar-refractivity contribution in [3.63, 3.8) is 0 Å². The fraction of sp³-hybridized carbons (Fsp3) is 0.448. The number of carbonyl (C=O) groups excluding carboxylic acids is 1. The van der Waals surface area contributed by atoms with E-state index in [-0.39, 0.29) is 11.2 Å². The third-order valence-electron chi connectivity index (χ3n) is 7.98. The first-order valence-electron chi connectivity index (χ1n) is 12.6. The molecular formula is C29H34FN3O. The van der Waals surface area contributed by atoms with Crippen molar-refractivity contribution in [3.8, 4) is 0 Å². The molecule has 178 valence electrons. The molecular weight excluding hydrogens is 425 g/mol. The maximum atomic E-state index is 13.9. The number of halogens is 1. The Bertz CT molecular complexity index is 1120. The second-order valence-electron chi connectivity index (χ2n) is 10.3. The molecule has 5 rings (SSSR count). The first-order valence-corrected chi connectivity index (χ1v) is 12.6. The number of hydrogen-bond donors (Lipinski definition) is 0. The van der Waals surface area contributed by atoms with Crippen LogP contribution in [0.25, 0.3) is 10.9 Å². The summed E-state index contributed by atoms with van der Waals surface area (Å²) < 4.78 is 13.5. The molecule has 2 aliphatic heterocycles. The van der Waals surface area contributed by atoms with Gasteiger partial charge in [-0.25, -0.2) is 4.39 Å². The number of benzene rings is 2. The van der Waals surface area contributed by atoms with Crippen LogP contribution in [0, 0.1) is 17.2 Å². The zero-order valence-corrected chi connectivity index (χ0v) is 20.0. The summed E-state index contributed by atoms with van der Waals surface area (Å²) in [6.45, 7) is 3.50. The van der Waals surface area contributed by atoms with E-state index in [9.17, 15) is 9.18 Å². The van der Waals surface area contributed by atoms with E-state index in [1.54, 1.807) is 0 Å². The van der Waals surface area contributed by atoms with Gasteiger partial charge in [0.05, 0.1) is 10.9 Å². The van der Waals surface area contributed by atoms with E-state index >= 15 is 0 Å². The first-order chi connectivity index (χ1) is 16.5. The maximum Gasteiger partial charge on any atom is 0.229 e. The van der Waals surface area contributed by atoms with Crippen molar-refractivity contribution >= 4 is 16.8 Å². The Kier molecular flexibility index (Phi) is 6.64. The molecule has 3 heterocycles. The van der Waals surface area contributed by atoms with Crippen LogP contribution in [0.3, 0.4) is 0 Å². The van der Waals surface area contributed by atoms with E-state index in [1.165, 1.54) is 23.1 Å². The summed E-state index contributed by atoms with van der Waals surface area (Å²) in [6.07, 6.45) is 7.37. The van der Waals surface area contributed by atoms with Crippen LogP contribution in [-0.4, -0.2) is 53.9 Å². The molecule has 4 nitrogen and oxygen atoms in total. The Morgan fingerprint density at radius 2 is 1.71 bits per heavy atom. The van der Waals surface area contributed by atoms with Gasteiger partial charge in [0, 0.05) is 24.7 Å². The van der Waals surface area contributed by atoms with Crippen LogP contribution in [0.15, 0.2) is 60.8 Å². The van der Waals surface area contributed by atoms with Crippen LogP contribution in [0.1, 0.15) is 36.8 Å². The van der Waals surface area contributed by atoms with Crippen molar-refractivity contribution in [3.05, 3.63) is 77.7 Å². The minimum atomic E-state index is -0.378. The SMILES string of the molecule is CN1CCC(Cc2ccc(F)cc2)(C(=O)N2CCC(Cc3cccc4cccnc34)CC2)CC1. The van der Waals surface area contributed by atoms with Gasteiger partial charge in [-0.2, -0.15) is 0 Å². The Morgan fingerprint density at radius 3 is 2.44 bits per heavy atom. The number of carbonyl (C=O) groups is 1. The summed E-state index contributed by atoms with van der Waals surface area (Å²) >= 11 is 0. The molecule has 0 N–H and O–H groups in total. The summed E-state index contributed by atoms with van der Waals surface area (Å²) in [5.41, 5.74) is 3.09. The van der Waals surface area contributed by atoms with Gasteiger partial charge in [0.15, 0.2) is 0 Å². The lowest BCUT2D eigenvalue weighted by Crippen LogP contribution is -2.52. The van der Waals surface area contributed by atoms with Crippen molar-refractivity contribution in [1.82, 2.24) is 14.8 Å². The highest BCUT2D eigenvalue weighted by Gasteiger charge is 2.43. The zero-order chi connectivity index (χ0) is 23.5. The fourth-order valence-electron chi connectivity index (χ4n) is 5.82. The molecule has 34 heavy (non-hydrogen) atoms. The molecule has 2 aromatic carbocycles. The van der Waals surface area contributed by atoms with E-state index in [4.69, 9.17) is 0 Å². The maximum absolute atomic E-state index is 13.9. The second kappa shape index (κ2) is 9.83. The third-order valence-corrected chi connectivity index (χ3v) is 7.98. The van der Waals surface area contributed by atoms with Crippen LogP contribution in [-0.2, 0) is 17.6 Å². The molecule has 0 atom stereocenters. The molecule has 1 amide bonds. The van der Waals surface area contributed by atoms with Crippen LogP contribution in [0.4, 0.5) is 4.39 Å². The van der Waals surface area contributed by atoms with Crippen LogP contribution < -0.4 is 0 Å². The van der Waals surface area contributed by atoms with Gasteiger partial charge < -0.3 is 9.80 Å². The molecule has 0 aliphatic carbocycles. The molecule has 0 spiro atoms. The number of aromatic nitrogens is 1. The summed E-state index contributed by atoms with van der Waals surface area (Å²) in [7, 11) is 2.12. The van der Waals surface area contributed by atoms with Crippen LogP contribution in [0.2, 0.25) is 0 Å². The van der Waals surface area contributed by atoms with Gasteiger partial charge in [0.25, 0.3) is 0 Å². The van der Waals surface area contributed by atoms with E-state index in [2.05, 4.69) is 46.1 Å². The average molecular weight is 460 g/mol. The predicted molar refractivity (Wildman–Crippen MR) is 134 cm³/mol. The van der Waals surface area contributed by atoms with E-state index in [0.717, 1.165) is 69.4 Å². The molecule has 5 heteroatoms. The average Bonchev–Trinajstić information content (AvgIpc) is 2.87. The number of pyridine rings is 1. The second-order valence-corrected chi connectivity index (χ2v) is 10.3. The monoisotopic (exact) mass is 459 g/mol. The molecule has 2 aliphatic rings. The van der Waals surface area contributed by atoms with Crippen molar-refractivity contribution in [2.45, 2.75) is 38.5 Å². The number of nitrogens with zero attached hydrogens (tertiary/aromatic N) is 3. The normalized spacial score (nSPS) is 19.4. The van der Waals surface area contributed by atoms with Crippen LogP contribution >= 0.6 is 0 Å². The first kappa shape index (κ1) is 23.0. The highest BCUT2D eigenvalue weighted by molar-refractivity contribution is 5.83. The minimum Gasteiger partial charge on any atom is -0.342 e. The lowest BCUT2D eigenvalue weighted by atomic mass is 9.72. The number of fused-ring (bicyclic) bond motifs is 1. The fourth-order valence-corrected chi connectivity index (χ4v) is 5.82. The molecule has 1 aromatic heterocycles. The van der Waals surface area contributed by atoms with Crippen molar-refractivity contribution in [2.24, 2.45) is 11.3 Å². The number of likely N-dealkylation sites (tertiary alicyclic amines) is 2. The number of rotatable bonds is 5. The Morgan fingerprint density at radius 1 is 1.00 bits per heavy atom. The van der Waals surface area contributed by atoms with Gasteiger partial charge >= 0.3 is 0 Å². The quantitative estimate of drug-likeness (QED) is 0.532. The largest absolute Gasteiger partial charge is 0.342 e. The van der Waals surface area contributed by atoms with Gasteiger partial charge in [-0.05, 0) is 93.9 Å². The Balaban J connectivity index is 1.26. The number of para-hydroxylation sites is 1. The summed E-state index contributed by atoms with van der Waals surface area (Å²) in [5.74, 6) is 0.647.